The summed E-state index contributed by atoms with van der Waals surface area (Å²) in [5.41, 5.74) is 0. The standard InChI is InChI=1S/C13H23N3O2/c1-3-7-14-8-4-5-11-15-16-13(18-11)12-10(2)6-9-17-12/h10,12,14H,3-9H2,1-2H3. The molecule has 0 radical (unpaired) electrons. The SMILES string of the molecule is CCCNCCCc1nnc(C2OCCC2C)o1. The molecule has 2 rings (SSSR count). The molecule has 5 heteroatoms. The van der Waals surface area contributed by atoms with E-state index in [-0.39, 0.29) is 6.10 Å². The average molecular weight is 253 g/mol. The Bertz CT molecular complexity index is 354. The Hall–Kier alpha value is -0.940. The fourth-order valence-electron chi connectivity index (χ4n) is 2.16. The van der Waals surface area contributed by atoms with Gasteiger partial charge in [-0.25, -0.2) is 0 Å². The Labute approximate surface area is 108 Å². The first kappa shape index (κ1) is 13.5. The second-order valence-electron chi connectivity index (χ2n) is 4.94. The Balaban J connectivity index is 1.75. The van der Waals surface area contributed by atoms with Crippen molar-refractivity contribution < 1.29 is 9.15 Å². The third-order valence-electron chi connectivity index (χ3n) is 3.28. The summed E-state index contributed by atoms with van der Waals surface area (Å²) in [6.45, 7) is 7.20. The van der Waals surface area contributed by atoms with Crippen molar-refractivity contribution in [1.82, 2.24) is 15.5 Å². The van der Waals surface area contributed by atoms with Gasteiger partial charge in [-0.3, -0.25) is 0 Å². The van der Waals surface area contributed by atoms with Gasteiger partial charge < -0.3 is 14.5 Å². The second-order valence-corrected chi connectivity index (χ2v) is 4.94. The van der Waals surface area contributed by atoms with Gasteiger partial charge in [0.2, 0.25) is 11.8 Å². The van der Waals surface area contributed by atoms with Crippen molar-refractivity contribution in [2.75, 3.05) is 19.7 Å². The number of aromatic nitrogens is 2. The van der Waals surface area contributed by atoms with Crippen LogP contribution in [0.4, 0.5) is 0 Å². The van der Waals surface area contributed by atoms with Crippen LogP contribution in [0.1, 0.15) is 51.0 Å². The van der Waals surface area contributed by atoms with E-state index in [1.165, 1.54) is 6.42 Å². The molecule has 0 amide bonds. The molecule has 1 saturated heterocycles. The van der Waals surface area contributed by atoms with Crippen LogP contribution in [-0.4, -0.2) is 29.9 Å². The lowest BCUT2D eigenvalue weighted by Gasteiger charge is -2.08. The molecule has 0 bridgehead atoms. The Morgan fingerprint density at radius 3 is 2.94 bits per heavy atom. The fraction of sp³-hybridized carbons (Fsp3) is 0.846. The van der Waals surface area contributed by atoms with Crippen LogP contribution in [0.3, 0.4) is 0 Å². The summed E-state index contributed by atoms with van der Waals surface area (Å²) in [5, 5.41) is 11.5. The summed E-state index contributed by atoms with van der Waals surface area (Å²) in [6.07, 6.45) is 4.11. The molecule has 5 nitrogen and oxygen atoms in total. The summed E-state index contributed by atoms with van der Waals surface area (Å²) >= 11 is 0. The summed E-state index contributed by atoms with van der Waals surface area (Å²) in [7, 11) is 0. The molecule has 0 saturated carbocycles. The van der Waals surface area contributed by atoms with E-state index in [1.54, 1.807) is 0 Å². The van der Waals surface area contributed by atoms with Crippen molar-refractivity contribution >= 4 is 0 Å². The molecule has 2 heterocycles. The lowest BCUT2D eigenvalue weighted by Crippen LogP contribution is -2.16. The van der Waals surface area contributed by atoms with Crippen LogP contribution in [0.5, 0.6) is 0 Å². The minimum Gasteiger partial charge on any atom is -0.422 e. The van der Waals surface area contributed by atoms with Gasteiger partial charge in [-0.2, -0.15) is 0 Å². The number of ether oxygens (including phenoxy) is 1. The van der Waals surface area contributed by atoms with Gasteiger partial charge in [0.25, 0.3) is 0 Å². The van der Waals surface area contributed by atoms with Gasteiger partial charge in [0, 0.05) is 13.0 Å². The third kappa shape index (κ3) is 3.53. The van der Waals surface area contributed by atoms with Crippen molar-refractivity contribution in [3.05, 3.63) is 11.8 Å². The second kappa shape index (κ2) is 6.85. The fourth-order valence-corrected chi connectivity index (χ4v) is 2.16. The minimum absolute atomic E-state index is 0.00414. The van der Waals surface area contributed by atoms with Gasteiger partial charge in [-0.15, -0.1) is 10.2 Å². The largest absolute Gasteiger partial charge is 0.422 e. The zero-order chi connectivity index (χ0) is 12.8. The van der Waals surface area contributed by atoms with Crippen molar-refractivity contribution in [2.45, 2.75) is 45.6 Å². The lowest BCUT2D eigenvalue weighted by molar-refractivity contribution is 0.0704. The highest BCUT2D eigenvalue weighted by atomic mass is 16.5. The quantitative estimate of drug-likeness (QED) is 0.754. The van der Waals surface area contributed by atoms with Gasteiger partial charge in [0.15, 0.2) is 0 Å². The van der Waals surface area contributed by atoms with Gasteiger partial charge in [0.1, 0.15) is 6.10 Å². The highest BCUT2D eigenvalue weighted by Crippen LogP contribution is 2.33. The molecule has 2 unspecified atom stereocenters. The molecule has 18 heavy (non-hydrogen) atoms. The molecule has 1 aromatic heterocycles. The van der Waals surface area contributed by atoms with Crippen LogP contribution in [-0.2, 0) is 11.2 Å². The van der Waals surface area contributed by atoms with E-state index in [0.29, 0.717) is 11.8 Å². The van der Waals surface area contributed by atoms with E-state index >= 15 is 0 Å². The number of nitrogens with one attached hydrogen (secondary N) is 1. The number of rotatable bonds is 7. The van der Waals surface area contributed by atoms with Crippen molar-refractivity contribution in [2.24, 2.45) is 5.92 Å². The highest BCUT2D eigenvalue weighted by Gasteiger charge is 2.30. The average Bonchev–Trinajstić information content (AvgIpc) is 2.97. The van der Waals surface area contributed by atoms with Gasteiger partial charge in [-0.1, -0.05) is 13.8 Å². The smallest absolute Gasteiger partial charge is 0.245 e. The predicted molar refractivity (Wildman–Crippen MR) is 68.3 cm³/mol. The molecule has 2 atom stereocenters. The molecule has 102 valence electrons. The van der Waals surface area contributed by atoms with Gasteiger partial charge >= 0.3 is 0 Å². The van der Waals surface area contributed by atoms with Crippen LogP contribution in [0, 0.1) is 5.92 Å². The van der Waals surface area contributed by atoms with E-state index in [4.69, 9.17) is 9.15 Å². The molecule has 1 N–H and O–H groups in total. The maximum absolute atomic E-state index is 5.67. The van der Waals surface area contributed by atoms with E-state index in [0.717, 1.165) is 44.8 Å². The zero-order valence-corrected chi connectivity index (χ0v) is 11.3. The van der Waals surface area contributed by atoms with Crippen LogP contribution in [0.2, 0.25) is 0 Å². The lowest BCUT2D eigenvalue weighted by atomic mass is 10.0. The number of hydrogen-bond donors (Lipinski definition) is 1. The van der Waals surface area contributed by atoms with E-state index in [9.17, 15) is 0 Å². The Morgan fingerprint density at radius 2 is 2.22 bits per heavy atom. The van der Waals surface area contributed by atoms with Crippen LogP contribution in [0.25, 0.3) is 0 Å². The maximum atomic E-state index is 5.67. The molecule has 0 aliphatic carbocycles. The third-order valence-corrected chi connectivity index (χ3v) is 3.28. The Morgan fingerprint density at radius 1 is 1.33 bits per heavy atom. The normalized spacial score (nSPS) is 23.7. The summed E-state index contributed by atoms with van der Waals surface area (Å²) in [4.78, 5) is 0. The van der Waals surface area contributed by atoms with Crippen molar-refractivity contribution in [3.8, 4) is 0 Å². The molecular formula is C13H23N3O2. The molecule has 1 fully saturated rings. The number of nitrogens with zero attached hydrogens (tertiary/aromatic N) is 2. The molecule has 1 aromatic rings. The molecule has 1 aliphatic heterocycles. The summed E-state index contributed by atoms with van der Waals surface area (Å²) < 4.78 is 11.3. The van der Waals surface area contributed by atoms with Crippen molar-refractivity contribution in [1.29, 1.82) is 0 Å². The highest BCUT2D eigenvalue weighted by molar-refractivity contribution is 4.91. The first-order chi connectivity index (χ1) is 8.81. The Kier molecular flexibility index (Phi) is 5.13. The summed E-state index contributed by atoms with van der Waals surface area (Å²) in [5.74, 6) is 1.85. The van der Waals surface area contributed by atoms with Crippen molar-refractivity contribution in [3.63, 3.8) is 0 Å². The van der Waals surface area contributed by atoms with Crippen LogP contribution >= 0.6 is 0 Å². The van der Waals surface area contributed by atoms with E-state index in [2.05, 4.69) is 29.4 Å². The maximum Gasteiger partial charge on any atom is 0.245 e. The van der Waals surface area contributed by atoms with Gasteiger partial charge in [0.05, 0.1) is 0 Å². The van der Waals surface area contributed by atoms with Crippen LogP contribution in [0.15, 0.2) is 4.42 Å². The topological polar surface area (TPSA) is 60.2 Å². The molecule has 0 aromatic carbocycles. The molecule has 0 spiro atoms. The molecular weight excluding hydrogens is 230 g/mol. The molecule has 1 aliphatic rings. The van der Waals surface area contributed by atoms with Crippen LogP contribution < -0.4 is 5.32 Å². The first-order valence-corrected chi connectivity index (χ1v) is 6.96. The zero-order valence-electron chi connectivity index (χ0n) is 11.3. The summed E-state index contributed by atoms with van der Waals surface area (Å²) in [6, 6.07) is 0. The number of aryl methyl sites for hydroxylation is 1. The monoisotopic (exact) mass is 253 g/mol. The van der Waals surface area contributed by atoms with E-state index in [1.807, 2.05) is 0 Å². The number of hydrogen-bond acceptors (Lipinski definition) is 5. The van der Waals surface area contributed by atoms with E-state index < -0.39 is 0 Å². The first-order valence-electron chi connectivity index (χ1n) is 6.96. The predicted octanol–water partition coefficient (Wildman–Crippen LogP) is 2.10. The minimum atomic E-state index is 0.00414. The van der Waals surface area contributed by atoms with Gasteiger partial charge in [-0.05, 0) is 38.3 Å².